The zero-order valence-electron chi connectivity index (χ0n) is 9.90. The van der Waals surface area contributed by atoms with E-state index >= 15 is 0 Å². The highest BCUT2D eigenvalue weighted by Crippen LogP contribution is 2.10. The molecule has 0 aromatic heterocycles. The van der Waals surface area contributed by atoms with Crippen LogP contribution in [0.25, 0.3) is 5.57 Å². The Balaban J connectivity index is 2.47. The summed E-state index contributed by atoms with van der Waals surface area (Å²) in [5.74, 6) is 0. The SMILES string of the molecule is C=CC[NH+]=C(S)NNC=C(C)c1ccccc1. The van der Waals surface area contributed by atoms with Crippen LogP contribution in [0.3, 0.4) is 0 Å². The van der Waals surface area contributed by atoms with Gasteiger partial charge in [-0.15, -0.1) is 0 Å². The van der Waals surface area contributed by atoms with Gasteiger partial charge in [0.05, 0.1) is 0 Å². The van der Waals surface area contributed by atoms with Crippen molar-refractivity contribution in [2.75, 3.05) is 6.54 Å². The molecule has 0 radical (unpaired) electrons. The van der Waals surface area contributed by atoms with Crippen LogP contribution < -0.4 is 15.8 Å². The minimum absolute atomic E-state index is 0.655. The molecule has 3 nitrogen and oxygen atoms in total. The lowest BCUT2D eigenvalue weighted by molar-refractivity contribution is -0.443. The molecule has 0 saturated heterocycles. The van der Waals surface area contributed by atoms with Gasteiger partial charge in [-0.25, -0.2) is 5.43 Å². The Morgan fingerprint density at radius 3 is 2.76 bits per heavy atom. The summed E-state index contributed by atoms with van der Waals surface area (Å²) in [7, 11) is 0. The van der Waals surface area contributed by atoms with E-state index in [9.17, 15) is 0 Å². The Labute approximate surface area is 108 Å². The van der Waals surface area contributed by atoms with E-state index in [1.165, 1.54) is 5.56 Å². The normalized spacial score (nSPS) is 12.1. The summed E-state index contributed by atoms with van der Waals surface area (Å²) < 4.78 is 0. The first kappa shape index (κ1) is 13.4. The summed E-state index contributed by atoms with van der Waals surface area (Å²) in [4.78, 5) is 3.01. The van der Waals surface area contributed by atoms with Gasteiger partial charge in [-0.3, -0.25) is 4.99 Å². The maximum Gasteiger partial charge on any atom is 0.324 e. The third-order valence-electron chi connectivity index (χ3n) is 2.12. The van der Waals surface area contributed by atoms with Gasteiger partial charge in [0.15, 0.2) is 0 Å². The number of amidine groups is 1. The minimum Gasteiger partial charge on any atom is -0.264 e. The smallest absolute Gasteiger partial charge is 0.264 e. The number of hydrogen-bond donors (Lipinski definition) is 4. The molecule has 0 unspecified atom stereocenters. The Kier molecular flexibility index (Phi) is 5.96. The molecule has 0 aliphatic heterocycles. The van der Waals surface area contributed by atoms with Gasteiger partial charge in [-0.2, -0.15) is 5.43 Å². The maximum atomic E-state index is 4.21. The van der Waals surface area contributed by atoms with Crippen molar-refractivity contribution >= 4 is 23.4 Å². The quantitative estimate of drug-likeness (QED) is 0.204. The third-order valence-corrected chi connectivity index (χ3v) is 2.39. The van der Waals surface area contributed by atoms with E-state index in [1.807, 2.05) is 31.3 Å². The highest BCUT2D eigenvalue weighted by Gasteiger charge is 1.96. The molecule has 3 N–H and O–H groups in total. The van der Waals surface area contributed by atoms with Crippen LogP contribution in [-0.2, 0) is 0 Å². The average Bonchev–Trinajstić information content (AvgIpc) is 2.37. The van der Waals surface area contributed by atoms with Crippen molar-refractivity contribution in [3.63, 3.8) is 0 Å². The summed E-state index contributed by atoms with van der Waals surface area (Å²) in [5, 5.41) is 0.655. The second-order valence-electron chi connectivity index (χ2n) is 3.48. The predicted octanol–water partition coefficient (Wildman–Crippen LogP) is 0.694. The standard InChI is InChI=1S/C13H17N3S/c1-3-9-14-13(17)16-15-10-11(2)12-7-5-4-6-8-12/h3-8,10,15H,1,9H2,2H3,(H2,14,16,17)/p+1. The van der Waals surface area contributed by atoms with Crippen molar-refractivity contribution in [1.82, 2.24) is 10.9 Å². The molecule has 0 fully saturated rings. The Bertz CT molecular complexity index is 410. The highest BCUT2D eigenvalue weighted by molar-refractivity contribution is 7.96. The summed E-state index contributed by atoms with van der Waals surface area (Å²) in [6.07, 6.45) is 3.66. The van der Waals surface area contributed by atoms with E-state index in [2.05, 4.69) is 47.2 Å². The molecule has 0 atom stereocenters. The van der Waals surface area contributed by atoms with Crippen molar-refractivity contribution in [1.29, 1.82) is 0 Å². The molecular formula is C13H18N3S+. The van der Waals surface area contributed by atoms with E-state index in [0.717, 1.165) is 5.57 Å². The Morgan fingerprint density at radius 2 is 2.12 bits per heavy atom. The molecule has 0 spiro atoms. The van der Waals surface area contributed by atoms with Crippen LogP contribution in [0, 0.1) is 0 Å². The fourth-order valence-corrected chi connectivity index (χ4v) is 1.37. The zero-order chi connectivity index (χ0) is 12.5. The largest absolute Gasteiger partial charge is 0.324 e. The second-order valence-corrected chi connectivity index (χ2v) is 3.93. The first-order valence-corrected chi connectivity index (χ1v) is 5.83. The average molecular weight is 248 g/mol. The predicted molar refractivity (Wildman–Crippen MR) is 76.4 cm³/mol. The van der Waals surface area contributed by atoms with Gasteiger partial charge in [0.25, 0.3) is 0 Å². The van der Waals surface area contributed by atoms with Crippen LogP contribution in [-0.4, -0.2) is 11.7 Å². The Hall–Kier alpha value is -1.68. The summed E-state index contributed by atoms with van der Waals surface area (Å²) in [6.45, 7) is 6.33. The maximum absolute atomic E-state index is 4.21. The van der Waals surface area contributed by atoms with E-state index < -0.39 is 0 Å². The molecule has 0 amide bonds. The van der Waals surface area contributed by atoms with Crippen molar-refractivity contribution in [3.8, 4) is 0 Å². The van der Waals surface area contributed by atoms with Gasteiger partial charge in [-0.1, -0.05) is 55.6 Å². The molecule has 17 heavy (non-hydrogen) atoms. The monoisotopic (exact) mass is 248 g/mol. The van der Waals surface area contributed by atoms with Crippen LogP contribution in [0.5, 0.6) is 0 Å². The molecule has 1 aromatic rings. The van der Waals surface area contributed by atoms with Crippen molar-refractivity contribution in [3.05, 3.63) is 54.8 Å². The lowest BCUT2D eigenvalue weighted by atomic mass is 10.1. The molecular weight excluding hydrogens is 230 g/mol. The molecule has 4 heteroatoms. The molecule has 0 saturated carbocycles. The van der Waals surface area contributed by atoms with Gasteiger partial charge in [0.2, 0.25) is 0 Å². The summed E-state index contributed by atoms with van der Waals surface area (Å²) in [6, 6.07) is 10.2. The zero-order valence-corrected chi connectivity index (χ0v) is 10.8. The van der Waals surface area contributed by atoms with Crippen LogP contribution in [0.2, 0.25) is 0 Å². The second kappa shape index (κ2) is 7.57. The van der Waals surface area contributed by atoms with E-state index in [0.29, 0.717) is 11.7 Å². The molecule has 1 aromatic carbocycles. The van der Waals surface area contributed by atoms with E-state index in [-0.39, 0.29) is 0 Å². The number of allylic oxidation sites excluding steroid dienone is 1. The Morgan fingerprint density at radius 1 is 1.41 bits per heavy atom. The van der Waals surface area contributed by atoms with E-state index in [4.69, 9.17) is 0 Å². The highest BCUT2D eigenvalue weighted by atomic mass is 32.1. The third kappa shape index (κ3) is 5.26. The van der Waals surface area contributed by atoms with E-state index in [1.54, 1.807) is 6.08 Å². The van der Waals surface area contributed by atoms with Gasteiger partial charge in [0.1, 0.15) is 6.54 Å². The molecule has 0 aliphatic rings. The number of nitrogens with one attached hydrogen (secondary N) is 3. The van der Waals surface area contributed by atoms with Gasteiger partial charge in [-0.05, 0) is 18.1 Å². The molecule has 1 rings (SSSR count). The number of hydrazine groups is 1. The summed E-state index contributed by atoms with van der Waals surface area (Å²) >= 11 is 4.21. The van der Waals surface area contributed by atoms with Crippen LogP contribution in [0.15, 0.2) is 49.2 Å². The lowest BCUT2D eigenvalue weighted by Gasteiger charge is -2.01. The molecule has 0 bridgehead atoms. The molecule has 0 aliphatic carbocycles. The first-order valence-electron chi connectivity index (χ1n) is 5.38. The fourth-order valence-electron chi connectivity index (χ4n) is 1.21. The van der Waals surface area contributed by atoms with Gasteiger partial charge >= 0.3 is 5.17 Å². The van der Waals surface area contributed by atoms with Crippen molar-refractivity contribution < 1.29 is 4.99 Å². The number of hydrogen-bond acceptors (Lipinski definition) is 1. The van der Waals surface area contributed by atoms with Gasteiger partial charge in [0, 0.05) is 6.20 Å². The number of benzene rings is 1. The van der Waals surface area contributed by atoms with Crippen molar-refractivity contribution in [2.45, 2.75) is 6.92 Å². The lowest BCUT2D eigenvalue weighted by Crippen LogP contribution is -2.75. The molecule has 0 heterocycles. The molecule has 90 valence electrons. The first-order chi connectivity index (χ1) is 8.24. The minimum atomic E-state index is 0.655. The fraction of sp³-hybridized carbons (Fsp3) is 0.154. The topological polar surface area (TPSA) is 38.0 Å². The van der Waals surface area contributed by atoms with Crippen LogP contribution in [0.1, 0.15) is 12.5 Å². The van der Waals surface area contributed by atoms with Gasteiger partial charge < -0.3 is 0 Å². The van der Waals surface area contributed by atoms with Crippen LogP contribution >= 0.6 is 12.6 Å². The van der Waals surface area contributed by atoms with Crippen LogP contribution in [0.4, 0.5) is 0 Å². The summed E-state index contributed by atoms with van der Waals surface area (Å²) in [5.41, 5.74) is 8.21. The number of thiol groups is 1. The number of rotatable bonds is 5. The van der Waals surface area contributed by atoms with Crippen molar-refractivity contribution in [2.24, 2.45) is 0 Å².